The Hall–Kier alpha value is -1.77. The Balaban J connectivity index is 0.000000686. The van der Waals surface area contributed by atoms with Crippen LogP contribution >= 0.6 is 0 Å². The third kappa shape index (κ3) is 3.09. The molecule has 0 aliphatic rings. The number of H-pyrrole nitrogens is 1. The Labute approximate surface area is 102 Å². The highest BCUT2D eigenvalue weighted by Crippen LogP contribution is 2.17. The second kappa shape index (κ2) is 6.09. The van der Waals surface area contributed by atoms with E-state index in [1.807, 2.05) is 45.0 Å². The number of carbonyl (C=O) groups is 1. The number of nitrogens with one attached hydrogen (secondary N) is 1. The van der Waals surface area contributed by atoms with Crippen molar-refractivity contribution >= 4 is 16.9 Å². The maximum absolute atomic E-state index is 11.4. The summed E-state index contributed by atoms with van der Waals surface area (Å²) in [6.07, 6.45) is 0. The van der Waals surface area contributed by atoms with Crippen molar-refractivity contribution in [1.29, 1.82) is 0 Å². The van der Waals surface area contributed by atoms with Gasteiger partial charge in [0.1, 0.15) is 5.69 Å². The average Bonchev–Trinajstić information content (AvgIpc) is 2.75. The summed E-state index contributed by atoms with van der Waals surface area (Å²) in [5.74, 6) is -0.300. The summed E-state index contributed by atoms with van der Waals surface area (Å²) in [6.45, 7) is 8.22. The highest BCUT2D eigenvalue weighted by Gasteiger charge is 2.09. The van der Waals surface area contributed by atoms with E-state index in [2.05, 4.69) is 4.98 Å². The van der Waals surface area contributed by atoms with Gasteiger partial charge in [-0.25, -0.2) is 4.79 Å². The first-order chi connectivity index (χ1) is 8.20. The summed E-state index contributed by atoms with van der Waals surface area (Å²) < 4.78 is 4.92. The van der Waals surface area contributed by atoms with E-state index in [0.717, 1.165) is 10.9 Å². The zero-order valence-electron chi connectivity index (χ0n) is 10.8. The zero-order valence-corrected chi connectivity index (χ0v) is 10.8. The molecule has 2 rings (SSSR count). The molecule has 0 aliphatic heterocycles. The van der Waals surface area contributed by atoms with Gasteiger partial charge in [-0.15, -0.1) is 0 Å². The van der Waals surface area contributed by atoms with Crippen LogP contribution in [0.15, 0.2) is 24.3 Å². The first-order valence-electron chi connectivity index (χ1n) is 5.97. The standard InChI is InChI=1S/C12H13NO2.C2H6/c1-3-15-12(14)11-7-9-6-8(2)4-5-10(9)13-11;1-2/h4-7,13H,3H2,1-2H3;1-2H3. The molecular weight excluding hydrogens is 214 g/mol. The van der Waals surface area contributed by atoms with E-state index in [4.69, 9.17) is 4.74 Å². The Morgan fingerprint density at radius 1 is 1.29 bits per heavy atom. The predicted molar refractivity (Wildman–Crippen MR) is 70.3 cm³/mol. The summed E-state index contributed by atoms with van der Waals surface area (Å²) in [7, 11) is 0. The molecule has 17 heavy (non-hydrogen) atoms. The lowest BCUT2D eigenvalue weighted by atomic mass is 10.2. The van der Waals surface area contributed by atoms with Gasteiger partial charge in [-0.2, -0.15) is 0 Å². The van der Waals surface area contributed by atoms with E-state index < -0.39 is 0 Å². The number of aromatic nitrogens is 1. The van der Waals surface area contributed by atoms with Crippen molar-refractivity contribution in [2.45, 2.75) is 27.7 Å². The number of rotatable bonds is 2. The molecule has 0 atom stereocenters. The van der Waals surface area contributed by atoms with Crippen LogP contribution in [-0.2, 0) is 4.74 Å². The molecule has 0 bridgehead atoms. The number of fused-ring (bicyclic) bond motifs is 1. The molecule has 0 unspecified atom stereocenters. The molecule has 0 saturated heterocycles. The molecule has 0 saturated carbocycles. The second-order valence-electron chi connectivity index (χ2n) is 3.49. The SMILES string of the molecule is CC.CCOC(=O)c1cc2cc(C)ccc2[nH]1. The van der Waals surface area contributed by atoms with Crippen LogP contribution in [0.3, 0.4) is 0 Å². The number of esters is 1. The zero-order chi connectivity index (χ0) is 12.8. The van der Waals surface area contributed by atoms with E-state index in [-0.39, 0.29) is 5.97 Å². The number of aryl methyl sites for hydroxylation is 1. The largest absolute Gasteiger partial charge is 0.461 e. The van der Waals surface area contributed by atoms with Crippen LogP contribution in [0, 0.1) is 6.92 Å². The molecular formula is C14H19NO2. The number of ether oxygens (including phenoxy) is 1. The van der Waals surface area contributed by atoms with Crippen LogP contribution in [0.1, 0.15) is 36.8 Å². The van der Waals surface area contributed by atoms with Gasteiger partial charge >= 0.3 is 5.97 Å². The fourth-order valence-electron chi connectivity index (χ4n) is 1.57. The van der Waals surface area contributed by atoms with Gasteiger partial charge in [0.05, 0.1) is 6.61 Å². The molecule has 1 aromatic carbocycles. The summed E-state index contributed by atoms with van der Waals surface area (Å²) in [5.41, 5.74) is 2.65. The number of aromatic amines is 1. The lowest BCUT2D eigenvalue weighted by Crippen LogP contribution is -2.04. The molecule has 3 nitrogen and oxygen atoms in total. The van der Waals surface area contributed by atoms with Gasteiger partial charge in [-0.05, 0) is 32.0 Å². The third-order valence-corrected chi connectivity index (χ3v) is 2.27. The number of benzene rings is 1. The van der Waals surface area contributed by atoms with E-state index in [1.54, 1.807) is 6.92 Å². The van der Waals surface area contributed by atoms with Gasteiger partial charge in [-0.1, -0.05) is 25.5 Å². The normalized spacial score (nSPS) is 9.65. The van der Waals surface area contributed by atoms with E-state index in [0.29, 0.717) is 12.3 Å². The van der Waals surface area contributed by atoms with E-state index in [9.17, 15) is 4.79 Å². The van der Waals surface area contributed by atoms with Crippen molar-refractivity contribution in [3.05, 3.63) is 35.5 Å². The molecule has 0 aliphatic carbocycles. The Kier molecular flexibility index (Phi) is 4.76. The fraction of sp³-hybridized carbons (Fsp3) is 0.357. The second-order valence-corrected chi connectivity index (χ2v) is 3.49. The Morgan fingerprint density at radius 3 is 2.65 bits per heavy atom. The molecule has 3 heteroatoms. The van der Waals surface area contributed by atoms with Crippen LogP contribution < -0.4 is 0 Å². The van der Waals surface area contributed by atoms with Crippen molar-refractivity contribution in [1.82, 2.24) is 4.98 Å². The molecule has 2 aromatic rings. The van der Waals surface area contributed by atoms with Crippen LogP contribution in [0.2, 0.25) is 0 Å². The summed E-state index contributed by atoms with van der Waals surface area (Å²) >= 11 is 0. The van der Waals surface area contributed by atoms with Crippen LogP contribution in [0.25, 0.3) is 10.9 Å². The molecule has 1 heterocycles. The fourth-order valence-corrected chi connectivity index (χ4v) is 1.57. The maximum atomic E-state index is 11.4. The van der Waals surface area contributed by atoms with Crippen molar-refractivity contribution in [2.75, 3.05) is 6.61 Å². The minimum Gasteiger partial charge on any atom is -0.461 e. The molecule has 0 spiro atoms. The average molecular weight is 233 g/mol. The first-order valence-corrected chi connectivity index (χ1v) is 5.97. The van der Waals surface area contributed by atoms with Gasteiger partial charge < -0.3 is 9.72 Å². The lowest BCUT2D eigenvalue weighted by Gasteiger charge is -1.96. The van der Waals surface area contributed by atoms with Gasteiger partial charge in [-0.3, -0.25) is 0 Å². The maximum Gasteiger partial charge on any atom is 0.354 e. The highest BCUT2D eigenvalue weighted by molar-refractivity contribution is 5.94. The van der Waals surface area contributed by atoms with Gasteiger partial charge in [0.2, 0.25) is 0 Å². The summed E-state index contributed by atoms with van der Waals surface area (Å²) in [5, 5.41) is 1.04. The minimum absolute atomic E-state index is 0.300. The van der Waals surface area contributed by atoms with Crippen molar-refractivity contribution in [3.8, 4) is 0 Å². The van der Waals surface area contributed by atoms with Crippen molar-refractivity contribution < 1.29 is 9.53 Å². The predicted octanol–water partition coefficient (Wildman–Crippen LogP) is 3.68. The van der Waals surface area contributed by atoms with E-state index >= 15 is 0 Å². The van der Waals surface area contributed by atoms with Crippen LogP contribution in [-0.4, -0.2) is 17.6 Å². The molecule has 0 radical (unpaired) electrons. The number of hydrogen-bond donors (Lipinski definition) is 1. The van der Waals surface area contributed by atoms with Crippen molar-refractivity contribution in [2.24, 2.45) is 0 Å². The van der Waals surface area contributed by atoms with Crippen LogP contribution in [0.5, 0.6) is 0 Å². The van der Waals surface area contributed by atoms with Gasteiger partial charge in [0.25, 0.3) is 0 Å². The van der Waals surface area contributed by atoms with Gasteiger partial charge in [0.15, 0.2) is 0 Å². The lowest BCUT2D eigenvalue weighted by molar-refractivity contribution is 0.0520. The number of carbonyl (C=O) groups excluding carboxylic acids is 1. The highest BCUT2D eigenvalue weighted by atomic mass is 16.5. The minimum atomic E-state index is -0.300. The molecule has 1 aromatic heterocycles. The summed E-state index contributed by atoms with van der Waals surface area (Å²) in [4.78, 5) is 14.5. The smallest absolute Gasteiger partial charge is 0.354 e. The molecule has 0 fully saturated rings. The molecule has 92 valence electrons. The first kappa shape index (κ1) is 13.3. The van der Waals surface area contributed by atoms with Crippen molar-refractivity contribution in [3.63, 3.8) is 0 Å². The van der Waals surface area contributed by atoms with Gasteiger partial charge in [0, 0.05) is 10.9 Å². The number of hydrogen-bond acceptors (Lipinski definition) is 2. The third-order valence-electron chi connectivity index (χ3n) is 2.27. The Bertz CT molecular complexity index is 500. The topological polar surface area (TPSA) is 42.1 Å². The van der Waals surface area contributed by atoms with E-state index in [1.165, 1.54) is 5.56 Å². The Morgan fingerprint density at radius 2 is 2.00 bits per heavy atom. The molecule has 0 amide bonds. The quantitative estimate of drug-likeness (QED) is 0.804. The monoisotopic (exact) mass is 233 g/mol. The molecule has 1 N–H and O–H groups in total. The van der Waals surface area contributed by atoms with Crippen LogP contribution in [0.4, 0.5) is 0 Å². The summed E-state index contributed by atoms with van der Waals surface area (Å²) in [6, 6.07) is 7.83.